The summed E-state index contributed by atoms with van der Waals surface area (Å²) in [6, 6.07) is 44.2. The van der Waals surface area contributed by atoms with Gasteiger partial charge in [-0.1, -0.05) is 145 Å². The largest absolute Gasteiger partial charge is 0.309 e. The van der Waals surface area contributed by atoms with Crippen LogP contribution in [0.1, 0.15) is 11.0 Å². The van der Waals surface area contributed by atoms with Crippen LogP contribution in [0.15, 0.2) is 194 Å². The number of hydrogen-bond donors (Lipinski definition) is 0. The van der Waals surface area contributed by atoms with Crippen LogP contribution in [0.5, 0.6) is 0 Å². The van der Waals surface area contributed by atoms with Gasteiger partial charge < -0.3 is 4.57 Å². The zero-order valence-corrected chi connectivity index (χ0v) is 30.4. The van der Waals surface area contributed by atoms with E-state index >= 15 is 0 Å². The highest BCUT2D eigenvalue weighted by Crippen LogP contribution is 2.40. The molecule has 0 fully saturated rings. The smallest absolute Gasteiger partial charge is 0.166 e. The van der Waals surface area contributed by atoms with E-state index in [1.54, 1.807) is 17.4 Å². The fourth-order valence-corrected chi connectivity index (χ4v) is 8.53. The van der Waals surface area contributed by atoms with Crippen molar-refractivity contribution in [3.05, 3.63) is 194 Å². The summed E-state index contributed by atoms with van der Waals surface area (Å²) in [6.45, 7) is 0. The molecule has 3 aromatic heterocycles. The van der Waals surface area contributed by atoms with Gasteiger partial charge in [0, 0.05) is 47.6 Å². The summed E-state index contributed by atoms with van der Waals surface area (Å²) < 4.78 is 75.3. The molecule has 0 aliphatic rings. The zero-order chi connectivity index (χ0) is 44.0. The molecule has 0 aliphatic carbocycles. The summed E-state index contributed by atoms with van der Waals surface area (Å²) in [5.74, 6) is 1.04. The summed E-state index contributed by atoms with van der Waals surface area (Å²) in [4.78, 5) is 15.4. The standard InChI is InChI=1S/C51H32N4S/c1-3-13-33(14-4-1)34-23-25-35(26-24-34)37-27-29-46(55-44-20-10-7-17-39(44)40-18-8-11-21-45(40)55)43(31-37)51-53-49(36-15-5-2-6-16-36)52-50(54-51)38-28-30-48-42(32-38)41-19-9-12-22-47(41)56-48/h1-32H/i7D,8D,10D,11D,17D,18D,20D,21D. The molecule has 0 unspecified atom stereocenters. The Morgan fingerprint density at radius 2 is 0.911 bits per heavy atom. The van der Waals surface area contributed by atoms with Crippen molar-refractivity contribution in [3.63, 3.8) is 0 Å². The zero-order valence-electron chi connectivity index (χ0n) is 37.6. The molecular weight excluding hydrogens is 701 g/mol. The topological polar surface area (TPSA) is 43.6 Å². The van der Waals surface area contributed by atoms with Crippen LogP contribution in [-0.2, 0) is 0 Å². The Morgan fingerprint density at radius 3 is 1.62 bits per heavy atom. The first kappa shape index (κ1) is 25.0. The Morgan fingerprint density at radius 1 is 0.393 bits per heavy atom. The summed E-state index contributed by atoms with van der Waals surface area (Å²) in [5.41, 5.74) is 6.06. The van der Waals surface area contributed by atoms with Crippen molar-refractivity contribution in [2.24, 2.45) is 0 Å². The van der Waals surface area contributed by atoms with Crippen molar-refractivity contribution in [2.45, 2.75) is 0 Å². The summed E-state index contributed by atoms with van der Waals surface area (Å²) >= 11 is 1.71. The fourth-order valence-electron chi connectivity index (χ4n) is 7.44. The molecule has 11 rings (SSSR count). The van der Waals surface area contributed by atoms with Gasteiger partial charge in [0.25, 0.3) is 0 Å². The third-order valence-corrected chi connectivity index (χ3v) is 11.3. The molecule has 0 spiro atoms. The minimum absolute atomic E-state index is 0.00145. The number of nitrogens with zero attached hydrogens (tertiary/aromatic N) is 4. The van der Waals surface area contributed by atoms with E-state index in [1.165, 1.54) is 4.57 Å². The number of hydrogen-bond acceptors (Lipinski definition) is 4. The molecule has 0 N–H and O–H groups in total. The molecule has 262 valence electrons. The molecule has 0 saturated heterocycles. The van der Waals surface area contributed by atoms with Gasteiger partial charge in [-0.3, -0.25) is 0 Å². The maximum absolute atomic E-state index is 9.27. The van der Waals surface area contributed by atoms with Crippen LogP contribution in [0.25, 0.3) is 104 Å². The molecule has 4 nitrogen and oxygen atoms in total. The minimum Gasteiger partial charge on any atom is -0.309 e. The normalized spacial score (nSPS) is 13.6. The van der Waals surface area contributed by atoms with E-state index in [4.69, 9.17) is 23.2 Å². The van der Waals surface area contributed by atoms with Crippen LogP contribution in [-0.4, -0.2) is 19.5 Å². The molecule has 8 aromatic carbocycles. The van der Waals surface area contributed by atoms with Crippen molar-refractivity contribution in [1.29, 1.82) is 0 Å². The van der Waals surface area contributed by atoms with Gasteiger partial charge in [-0.05, 0) is 70.7 Å². The van der Waals surface area contributed by atoms with Crippen LogP contribution in [0.4, 0.5) is 0 Å². The summed E-state index contributed by atoms with van der Waals surface area (Å²) in [6.07, 6.45) is 0. The second kappa shape index (κ2) is 13.3. The van der Waals surface area contributed by atoms with E-state index in [0.29, 0.717) is 22.9 Å². The van der Waals surface area contributed by atoms with Crippen molar-refractivity contribution in [1.82, 2.24) is 19.5 Å². The second-order valence-electron chi connectivity index (χ2n) is 13.4. The average molecular weight is 741 g/mol. The van der Waals surface area contributed by atoms with E-state index in [2.05, 4.69) is 48.5 Å². The van der Waals surface area contributed by atoms with E-state index < -0.39 is 48.3 Å². The first-order chi connectivity index (χ1) is 31.1. The number of fused-ring (bicyclic) bond motifs is 6. The van der Waals surface area contributed by atoms with Crippen molar-refractivity contribution >= 4 is 53.3 Å². The SMILES string of the molecule is [2H]c1c([2H])c([2H])c2c(c1[2H])c1c([2H])c([2H])c([2H])c([2H])c1n2-c1ccc(-c2ccc(-c3ccccc3)cc2)cc1-c1nc(-c2ccccc2)nc(-c2ccc3sc4ccccc4c3c2)n1. The minimum atomic E-state index is -0.511. The third-order valence-electron chi connectivity index (χ3n) is 10.1. The Hall–Kier alpha value is -7.21. The van der Waals surface area contributed by atoms with Crippen LogP contribution in [0.3, 0.4) is 0 Å². The molecule has 3 heterocycles. The van der Waals surface area contributed by atoms with Crippen LogP contribution in [0, 0.1) is 0 Å². The molecule has 0 radical (unpaired) electrons. The first-order valence-corrected chi connectivity index (χ1v) is 18.9. The van der Waals surface area contributed by atoms with Gasteiger partial charge in [0.1, 0.15) is 0 Å². The van der Waals surface area contributed by atoms with E-state index in [0.717, 1.165) is 53.6 Å². The third kappa shape index (κ3) is 5.48. The maximum Gasteiger partial charge on any atom is 0.166 e. The lowest BCUT2D eigenvalue weighted by atomic mass is 9.98. The lowest BCUT2D eigenvalue weighted by molar-refractivity contribution is 1.07. The lowest BCUT2D eigenvalue weighted by Crippen LogP contribution is -2.04. The highest BCUT2D eigenvalue weighted by Gasteiger charge is 2.21. The Balaban J connectivity index is 1.24. The summed E-state index contributed by atoms with van der Waals surface area (Å²) in [5, 5.41) is 2.15. The predicted molar refractivity (Wildman–Crippen MR) is 234 cm³/mol. The number of rotatable bonds is 6. The van der Waals surface area contributed by atoms with Gasteiger partial charge in [-0.25, -0.2) is 15.0 Å². The molecule has 11 aromatic rings. The van der Waals surface area contributed by atoms with E-state index in [-0.39, 0.29) is 27.6 Å². The number of thiophene rings is 1. The number of aromatic nitrogens is 4. The molecule has 0 saturated carbocycles. The molecule has 0 aliphatic heterocycles. The monoisotopic (exact) mass is 740 g/mol. The van der Waals surface area contributed by atoms with Gasteiger partial charge in [0.15, 0.2) is 17.5 Å². The van der Waals surface area contributed by atoms with Crippen LogP contribution < -0.4 is 0 Å². The van der Waals surface area contributed by atoms with Gasteiger partial charge in [0.2, 0.25) is 0 Å². The highest BCUT2D eigenvalue weighted by molar-refractivity contribution is 7.25. The summed E-state index contributed by atoms with van der Waals surface area (Å²) in [7, 11) is 0. The van der Waals surface area contributed by atoms with Gasteiger partial charge in [-0.15, -0.1) is 11.3 Å². The molecule has 0 bridgehead atoms. The molecule has 0 atom stereocenters. The first-order valence-electron chi connectivity index (χ1n) is 22.1. The molecule has 0 amide bonds. The van der Waals surface area contributed by atoms with Crippen LogP contribution >= 0.6 is 11.3 Å². The van der Waals surface area contributed by atoms with Gasteiger partial charge >= 0.3 is 0 Å². The van der Waals surface area contributed by atoms with Crippen molar-refractivity contribution < 1.29 is 11.0 Å². The number of para-hydroxylation sites is 2. The Labute approximate surface area is 338 Å². The Kier molecular flexibility index (Phi) is 5.92. The average Bonchev–Trinajstić information content (AvgIpc) is 3.91. The van der Waals surface area contributed by atoms with Crippen molar-refractivity contribution in [3.8, 4) is 62.1 Å². The van der Waals surface area contributed by atoms with E-state index in [9.17, 15) is 2.74 Å². The molecule has 56 heavy (non-hydrogen) atoms. The van der Waals surface area contributed by atoms with Crippen LogP contribution in [0.2, 0.25) is 0 Å². The van der Waals surface area contributed by atoms with Crippen molar-refractivity contribution in [2.75, 3.05) is 0 Å². The highest BCUT2D eigenvalue weighted by atomic mass is 32.1. The Bertz CT molecular complexity index is 3630. The molecule has 5 heteroatoms. The van der Waals surface area contributed by atoms with Gasteiger partial charge in [0.05, 0.1) is 27.7 Å². The fraction of sp³-hybridized carbons (Fsp3) is 0. The van der Waals surface area contributed by atoms with Gasteiger partial charge in [-0.2, -0.15) is 0 Å². The van der Waals surface area contributed by atoms with E-state index in [1.807, 2.05) is 91.0 Å². The maximum atomic E-state index is 9.27. The number of benzene rings is 8. The lowest BCUT2D eigenvalue weighted by Gasteiger charge is -2.16. The predicted octanol–water partition coefficient (Wildman–Crippen LogP) is 13.7. The molecular formula is C51H32N4S. The second-order valence-corrected chi connectivity index (χ2v) is 14.5. The quantitative estimate of drug-likeness (QED) is 0.170.